The fraction of sp³-hybridized carbons (Fsp3) is 0.0714. The molecule has 19 heavy (non-hydrogen) atoms. The van der Waals surface area contributed by atoms with Crippen LogP contribution in [-0.4, -0.2) is 18.1 Å². The number of hydrogen-bond donors (Lipinski definition) is 1. The summed E-state index contributed by atoms with van der Waals surface area (Å²) in [6, 6.07) is 11.0. The standard InChI is InChI=1S/C14H11BrFNO2/c1-17(12-5-3-2-4-11(12)16)13-8-9(15)6-7-10(13)14(18)19/h2-8H,1H3,(H,18,19). The molecule has 0 saturated carbocycles. The molecule has 0 aliphatic heterocycles. The van der Waals surface area contributed by atoms with Gasteiger partial charge in [0.2, 0.25) is 0 Å². The van der Waals surface area contributed by atoms with Gasteiger partial charge in [0.25, 0.3) is 0 Å². The second kappa shape index (κ2) is 5.40. The average molecular weight is 324 g/mol. The Balaban J connectivity index is 2.55. The van der Waals surface area contributed by atoms with Gasteiger partial charge in [0.05, 0.1) is 16.9 Å². The summed E-state index contributed by atoms with van der Waals surface area (Å²) >= 11 is 3.29. The number of rotatable bonds is 3. The van der Waals surface area contributed by atoms with E-state index in [1.54, 1.807) is 37.4 Å². The minimum absolute atomic E-state index is 0.119. The summed E-state index contributed by atoms with van der Waals surface area (Å²) in [6.07, 6.45) is 0. The maximum absolute atomic E-state index is 13.8. The van der Waals surface area contributed by atoms with Crippen LogP contribution >= 0.6 is 15.9 Å². The molecular formula is C14H11BrFNO2. The molecule has 0 fully saturated rings. The Hall–Kier alpha value is -1.88. The van der Waals surface area contributed by atoms with Gasteiger partial charge in [0, 0.05) is 11.5 Å². The number of halogens is 2. The lowest BCUT2D eigenvalue weighted by Crippen LogP contribution is -2.15. The van der Waals surface area contributed by atoms with Crippen molar-refractivity contribution in [3.63, 3.8) is 0 Å². The molecule has 98 valence electrons. The van der Waals surface area contributed by atoms with Crippen LogP contribution in [0.1, 0.15) is 10.4 Å². The lowest BCUT2D eigenvalue weighted by Gasteiger charge is -2.22. The van der Waals surface area contributed by atoms with Gasteiger partial charge in [-0.1, -0.05) is 28.1 Å². The number of nitrogens with zero attached hydrogens (tertiary/aromatic N) is 1. The molecule has 2 rings (SSSR count). The predicted octanol–water partition coefficient (Wildman–Crippen LogP) is 4.05. The van der Waals surface area contributed by atoms with Crippen molar-refractivity contribution in [1.82, 2.24) is 0 Å². The summed E-state index contributed by atoms with van der Waals surface area (Å²) in [5.41, 5.74) is 0.865. The van der Waals surface area contributed by atoms with Gasteiger partial charge in [0.15, 0.2) is 0 Å². The van der Waals surface area contributed by atoms with E-state index >= 15 is 0 Å². The molecule has 0 heterocycles. The number of benzene rings is 2. The van der Waals surface area contributed by atoms with Crippen molar-refractivity contribution in [3.8, 4) is 0 Å². The highest BCUT2D eigenvalue weighted by atomic mass is 79.9. The Bertz CT molecular complexity index is 631. The van der Waals surface area contributed by atoms with Crippen molar-refractivity contribution in [2.75, 3.05) is 11.9 Å². The summed E-state index contributed by atoms with van der Waals surface area (Å²) in [5.74, 6) is -1.45. The van der Waals surface area contributed by atoms with E-state index in [4.69, 9.17) is 0 Å². The second-order valence-corrected chi connectivity index (χ2v) is 4.89. The maximum Gasteiger partial charge on any atom is 0.337 e. The van der Waals surface area contributed by atoms with Gasteiger partial charge in [-0.3, -0.25) is 0 Å². The summed E-state index contributed by atoms with van der Waals surface area (Å²) in [4.78, 5) is 12.7. The number of carboxylic acids is 1. The van der Waals surface area contributed by atoms with Crippen molar-refractivity contribution < 1.29 is 14.3 Å². The first-order chi connectivity index (χ1) is 9.00. The van der Waals surface area contributed by atoms with Crippen LogP contribution in [0.4, 0.5) is 15.8 Å². The van der Waals surface area contributed by atoms with Gasteiger partial charge in [-0.05, 0) is 30.3 Å². The number of aromatic carboxylic acids is 1. The minimum Gasteiger partial charge on any atom is -0.478 e. The number of carboxylic acid groups (broad SMARTS) is 1. The molecule has 0 atom stereocenters. The normalized spacial score (nSPS) is 10.3. The third-order valence-corrected chi connectivity index (χ3v) is 3.26. The molecule has 0 spiro atoms. The van der Waals surface area contributed by atoms with E-state index in [9.17, 15) is 14.3 Å². The number of para-hydroxylation sites is 1. The molecule has 0 aromatic heterocycles. The zero-order valence-electron chi connectivity index (χ0n) is 10.1. The first-order valence-electron chi connectivity index (χ1n) is 5.52. The van der Waals surface area contributed by atoms with Crippen molar-refractivity contribution in [3.05, 3.63) is 58.3 Å². The molecule has 0 radical (unpaired) electrons. The number of hydrogen-bond acceptors (Lipinski definition) is 2. The summed E-state index contributed by atoms with van der Waals surface area (Å²) in [6.45, 7) is 0. The highest BCUT2D eigenvalue weighted by molar-refractivity contribution is 9.10. The van der Waals surface area contributed by atoms with E-state index in [0.717, 1.165) is 4.47 Å². The van der Waals surface area contributed by atoms with Gasteiger partial charge in [0.1, 0.15) is 5.82 Å². The molecule has 0 aliphatic carbocycles. The van der Waals surface area contributed by atoms with E-state index in [2.05, 4.69) is 15.9 Å². The lowest BCUT2D eigenvalue weighted by atomic mass is 10.1. The Morgan fingerprint density at radius 1 is 1.21 bits per heavy atom. The van der Waals surface area contributed by atoms with Crippen molar-refractivity contribution >= 4 is 33.3 Å². The zero-order chi connectivity index (χ0) is 14.0. The molecule has 2 aromatic rings. The minimum atomic E-state index is -1.05. The second-order valence-electron chi connectivity index (χ2n) is 3.98. The van der Waals surface area contributed by atoms with Gasteiger partial charge >= 0.3 is 5.97 Å². The third kappa shape index (κ3) is 2.76. The fourth-order valence-electron chi connectivity index (χ4n) is 1.82. The number of carbonyl (C=O) groups is 1. The van der Waals surface area contributed by atoms with E-state index in [-0.39, 0.29) is 5.56 Å². The summed E-state index contributed by atoms with van der Waals surface area (Å²) in [7, 11) is 1.63. The predicted molar refractivity (Wildman–Crippen MR) is 75.6 cm³/mol. The van der Waals surface area contributed by atoms with Gasteiger partial charge < -0.3 is 10.0 Å². The molecule has 0 unspecified atom stereocenters. The molecule has 0 aliphatic rings. The highest BCUT2D eigenvalue weighted by Gasteiger charge is 2.16. The fourth-order valence-corrected chi connectivity index (χ4v) is 2.17. The third-order valence-electron chi connectivity index (χ3n) is 2.77. The van der Waals surface area contributed by atoms with Crippen LogP contribution in [0.3, 0.4) is 0 Å². The maximum atomic E-state index is 13.8. The average Bonchev–Trinajstić information content (AvgIpc) is 2.38. The van der Waals surface area contributed by atoms with Crippen LogP contribution in [0.15, 0.2) is 46.9 Å². The SMILES string of the molecule is CN(c1ccccc1F)c1cc(Br)ccc1C(=O)O. The molecule has 2 aromatic carbocycles. The summed E-state index contributed by atoms with van der Waals surface area (Å²) in [5, 5.41) is 9.19. The topological polar surface area (TPSA) is 40.5 Å². The Morgan fingerprint density at radius 2 is 1.89 bits per heavy atom. The van der Waals surface area contributed by atoms with E-state index < -0.39 is 11.8 Å². The first-order valence-corrected chi connectivity index (χ1v) is 6.31. The molecule has 5 heteroatoms. The van der Waals surface area contributed by atoms with Crippen molar-refractivity contribution in [1.29, 1.82) is 0 Å². The monoisotopic (exact) mass is 323 g/mol. The highest BCUT2D eigenvalue weighted by Crippen LogP contribution is 2.31. The molecular weight excluding hydrogens is 313 g/mol. The number of anilines is 2. The van der Waals surface area contributed by atoms with Crippen LogP contribution in [0.2, 0.25) is 0 Å². The Kier molecular flexibility index (Phi) is 3.85. The molecule has 0 bridgehead atoms. The molecule has 1 N–H and O–H groups in total. The van der Waals surface area contributed by atoms with Crippen molar-refractivity contribution in [2.24, 2.45) is 0 Å². The van der Waals surface area contributed by atoms with E-state index in [1.165, 1.54) is 17.0 Å². The lowest BCUT2D eigenvalue weighted by molar-refractivity contribution is 0.0697. The van der Waals surface area contributed by atoms with Crippen LogP contribution in [0.25, 0.3) is 0 Å². The molecule has 3 nitrogen and oxygen atoms in total. The Labute approximate surface area is 118 Å². The summed E-state index contributed by atoms with van der Waals surface area (Å²) < 4.78 is 14.5. The largest absolute Gasteiger partial charge is 0.478 e. The smallest absolute Gasteiger partial charge is 0.337 e. The zero-order valence-corrected chi connectivity index (χ0v) is 11.7. The molecule has 0 amide bonds. The van der Waals surface area contributed by atoms with Gasteiger partial charge in [-0.2, -0.15) is 0 Å². The van der Waals surface area contributed by atoms with Crippen LogP contribution in [0, 0.1) is 5.82 Å². The Morgan fingerprint density at radius 3 is 2.53 bits per heavy atom. The van der Waals surface area contributed by atoms with Gasteiger partial charge in [-0.25, -0.2) is 9.18 Å². The van der Waals surface area contributed by atoms with Crippen LogP contribution in [-0.2, 0) is 0 Å². The van der Waals surface area contributed by atoms with E-state index in [1.807, 2.05) is 0 Å². The van der Waals surface area contributed by atoms with Crippen LogP contribution < -0.4 is 4.90 Å². The molecule has 0 saturated heterocycles. The van der Waals surface area contributed by atoms with Crippen molar-refractivity contribution in [2.45, 2.75) is 0 Å². The van der Waals surface area contributed by atoms with Crippen LogP contribution in [0.5, 0.6) is 0 Å². The van der Waals surface area contributed by atoms with Gasteiger partial charge in [-0.15, -0.1) is 0 Å². The van der Waals surface area contributed by atoms with E-state index in [0.29, 0.717) is 11.4 Å². The first kappa shape index (κ1) is 13.5. The quantitative estimate of drug-likeness (QED) is 0.926.